The van der Waals surface area contributed by atoms with Crippen molar-refractivity contribution in [1.29, 1.82) is 5.26 Å². The SMILES string of the molecule is CC(N)CCN1C(=O)CN(C)c2ccc(C#N)cc21. The van der Waals surface area contributed by atoms with E-state index in [1.54, 1.807) is 17.0 Å². The van der Waals surface area contributed by atoms with Gasteiger partial charge in [-0.2, -0.15) is 5.26 Å². The lowest BCUT2D eigenvalue weighted by Gasteiger charge is -2.35. The summed E-state index contributed by atoms with van der Waals surface area (Å²) in [5.74, 6) is 0.0470. The Bertz CT molecular complexity index is 533. The van der Waals surface area contributed by atoms with E-state index in [2.05, 4.69) is 6.07 Å². The molecule has 1 aliphatic heterocycles. The number of fused-ring (bicyclic) bond motifs is 1. The Labute approximate surface area is 113 Å². The molecule has 0 spiro atoms. The van der Waals surface area contributed by atoms with Crippen LogP contribution in [0.25, 0.3) is 0 Å². The molecule has 1 heterocycles. The van der Waals surface area contributed by atoms with Crippen molar-refractivity contribution in [3.05, 3.63) is 23.8 Å². The number of amides is 1. The molecule has 1 aromatic carbocycles. The number of likely N-dealkylation sites (N-methyl/N-ethyl adjacent to an activating group) is 1. The standard InChI is InChI=1S/C14H18N4O/c1-10(16)5-6-18-13-7-11(8-15)3-4-12(13)17(2)9-14(18)19/h3-4,7,10H,5-6,9,16H2,1-2H3. The van der Waals surface area contributed by atoms with Crippen LogP contribution >= 0.6 is 0 Å². The highest BCUT2D eigenvalue weighted by Crippen LogP contribution is 2.33. The van der Waals surface area contributed by atoms with Crippen LogP contribution in [-0.2, 0) is 4.79 Å². The Balaban J connectivity index is 2.37. The average molecular weight is 258 g/mol. The van der Waals surface area contributed by atoms with Gasteiger partial charge in [-0.25, -0.2) is 0 Å². The van der Waals surface area contributed by atoms with Gasteiger partial charge >= 0.3 is 0 Å². The minimum absolute atomic E-state index is 0.0470. The molecule has 0 aliphatic carbocycles. The fraction of sp³-hybridized carbons (Fsp3) is 0.429. The third-order valence-corrected chi connectivity index (χ3v) is 3.29. The van der Waals surface area contributed by atoms with Gasteiger partial charge in [0.1, 0.15) is 0 Å². The highest BCUT2D eigenvalue weighted by Gasteiger charge is 2.27. The molecule has 2 rings (SSSR count). The normalized spacial score (nSPS) is 16.0. The maximum absolute atomic E-state index is 12.1. The molecule has 5 heteroatoms. The van der Waals surface area contributed by atoms with Crippen LogP contribution in [0.4, 0.5) is 11.4 Å². The summed E-state index contributed by atoms with van der Waals surface area (Å²) in [6, 6.07) is 7.59. The van der Waals surface area contributed by atoms with E-state index in [1.807, 2.05) is 24.9 Å². The summed E-state index contributed by atoms with van der Waals surface area (Å²) in [6.07, 6.45) is 0.742. The van der Waals surface area contributed by atoms with E-state index in [4.69, 9.17) is 11.0 Å². The van der Waals surface area contributed by atoms with Gasteiger partial charge in [-0.15, -0.1) is 0 Å². The number of hydrogen-bond donors (Lipinski definition) is 1. The molecule has 19 heavy (non-hydrogen) atoms. The second-order valence-corrected chi connectivity index (χ2v) is 4.98. The summed E-state index contributed by atoms with van der Waals surface area (Å²) in [5, 5.41) is 8.99. The first-order valence-corrected chi connectivity index (χ1v) is 6.34. The Morgan fingerprint density at radius 2 is 2.21 bits per heavy atom. The van der Waals surface area contributed by atoms with Gasteiger partial charge in [0, 0.05) is 19.6 Å². The summed E-state index contributed by atoms with van der Waals surface area (Å²) < 4.78 is 0. The first-order chi connectivity index (χ1) is 9.02. The van der Waals surface area contributed by atoms with Gasteiger partial charge in [0.2, 0.25) is 5.91 Å². The van der Waals surface area contributed by atoms with Gasteiger partial charge in [0.05, 0.1) is 29.6 Å². The molecule has 1 unspecified atom stereocenters. The molecule has 0 aromatic heterocycles. The van der Waals surface area contributed by atoms with Crippen molar-refractivity contribution in [3.63, 3.8) is 0 Å². The molecule has 1 amide bonds. The average Bonchev–Trinajstić information content (AvgIpc) is 2.37. The van der Waals surface area contributed by atoms with E-state index in [0.29, 0.717) is 18.7 Å². The molecular weight excluding hydrogens is 240 g/mol. The zero-order chi connectivity index (χ0) is 14.0. The third kappa shape index (κ3) is 2.69. The van der Waals surface area contributed by atoms with E-state index in [-0.39, 0.29) is 11.9 Å². The van der Waals surface area contributed by atoms with Gasteiger partial charge in [0.25, 0.3) is 0 Å². The number of benzene rings is 1. The third-order valence-electron chi connectivity index (χ3n) is 3.29. The van der Waals surface area contributed by atoms with E-state index in [0.717, 1.165) is 17.8 Å². The molecule has 1 atom stereocenters. The number of nitrogens with zero attached hydrogens (tertiary/aromatic N) is 3. The summed E-state index contributed by atoms with van der Waals surface area (Å²) in [5.41, 5.74) is 8.10. The quantitative estimate of drug-likeness (QED) is 0.880. The Hall–Kier alpha value is -2.06. The molecule has 0 saturated heterocycles. The van der Waals surface area contributed by atoms with Crippen LogP contribution in [0.3, 0.4) is 0 Å². The fourth-order valence-corrected chi connectivity index (χ4v) is 2.22. The van der Waals surface area contributed by atoms with Crippen LogP contribution < -0.4 is 15.5 Å². The smallest absolute Gasteiger partial charge is 0.246 e. The van der Waals surface area contributed by atoms with Gasteiger partial charge in [-0.1, -0.05) is 0 Å². The zero-order valence-electron chi connectivity index (χ0n) is 11.3. The second-order valence-electron chi connectivity index (χ2n) is 4.98. The lowest BCUT2D eigenvalue weighted by Crippen LogP contribution is -2.45. The van der Waals surface area contributed by atoms with Crippen LogP contribution in [-0.4, -0.2) is 32.1 Å². The minimum atomic E-state index is 0.0470. The largest absolute Gasteiger partial charge is 0.364 e. The highest BCUT2D eigenvalue weighted by molar-refractivity contribution is 6.03. The maximum atomic E-state index is 12.1. The predicted octanol–water partition coefficient (Wildman–Crippen LogP) is 1.08. The van der Waals surface area contributed by atoms with Crippen molar-refractivity contribution in [2.24, 2.45) is 5.73 Å². The van der Waals surface area contributed by atoms with Gasteiger partial charge in [0.15, 0.2) is 0 Å². The molecule has 1 aliphatic rings. The Kier molecular flexibility index (Phi) is 3.72. The zero-order valence-corrected chi connectivity index (χ0v) is 11.3. The van der Waals surface area contributed by atoms with Gasteiger partial charge in [-0.05, 0) is 31.5 Å². The summed E-state index contributed by atoms with van der Waals surface area (Å²) in [6.45, 7) is 2.87. The minimum Gasteiger partial charge on any atom is -0.364 e. The van der Waals surface area contributed by atoms with Gasteiger partial charge in [-0.3, -0.25) is 4.79 Å². The molecule has 0 saturated carbocycles. The first kappa shape index (κ1) is 13.4. The molecule has 0 bridgehead atoms. The lowest BCUT2D eigenvalue weighted by atomic mass is 10.1. The second kappa shape index (κ2) is 5.29. The van der Waals surface area contributed by atoms with E-state index in [1.165, 1.54) is 0 Å². The summed E-state index contributed by atoms with van der Waals surface area (Å²) in [7, 11) is 1.88. The van der Waals surface area contributed by atoms with Crippen molar-refractivity contribution >= 4 is 17.3 Å². The number of nitrogens with two attached hydrogens (primary N) is 1. The molecule has 0 fully saturated rings. The number of nitriles is 1. The van der Waals surface area contributed by atoms with Crippen molar-refractivity contribution < 1.29 is 4.79 Å². The molecular formula is C14H18N4O. The molecule has 1 aromatic rings. The topological polar surface area (TPSA) is 73.4 Å². The van der Waals surface area contributed by atoms with E-state index >= 15 is 0 Å². The van der Waals surface area contributed by atoms with Crippen LogP contribution in [0.1, 0.15) is 18.9 Å². The van der Waals surface area contributed by atoms with Crippen LogP contribution in [0.15, 0.2) is 18.2 Å². The molecule has 2 N–H and O–H groups in total. The molecule has 0 radical (unpaired) electrons. The predicted molar refractivity (Wildman–Crippen MR) is 75.0 cm³/mol. The number of hydrogen-bond acceptors (Lipinski definition) is 4. The Morgan fingerprint density at radius 3 is 2.84 bits per heavy atom. The summed E-state index contributed by atoms with van der Waals surface area (Å²) in [4.78, 5) is 15.8. The van der Waals surface area contributed by atoms with Crippen molar-refractivity contribution in [2.45, 2.75) is 19.4 Å². The lowest BCUT2D eigenvalue weighted by molar-refractivity contribution is -0.117. The maximum Gasteiger partial charge on any atom is 0.246 e. The number of anilines is 2. The van der Waals surface area contributed by atoms with Gasteiger partial charge < -0.3 is 15.5 Å². The van der Waals surface area contributed by atoms with E-state index < -0.39 is 0 Å². The van der Waals surface area contributed by atoms with Crippen molar-refractivity contribution in [2.75, 3.05) is 29.9 Å². The number of carbonyl (C=O) groups is 1. The van der Waals surface area contributed by atoms with E-state index in [9.17, 15) is 4.79 Å². The molecule has 100 valence electrons. The van der Waals surface area contributed by atoms with Crippen molar-refractivity contribution in [1.82, 2.24) is 0 Å². The number of rotatable bonds is 3. The van der Waals surface area contributed by atoms with Crippen LogP contribution in [0.5, 0.6) is 0 Å². The fourth-order valence-electron chi connectivity index (χ4n) is 2.22. The monoisotopic (exact) mass is 258 g/mol. The van der Waals surface area contributed by atoms with Crippen molar-refractivity contribution in [3.8, 4) is 6.07 Å². The summed E-state index contributed by atoms with van der Waals surface area (Å²) >= 11 is 0. The Morgan fingerprint density at radius 1 is 1.47 bits per heavy atom. The number of carbonyl (C=O) groups excluding carboxylic acids is 1. The first-order valence-electron chi connectivity index (χ1n) is 6.34. The highest BCUT2D eigenvalue weighted by atomic mass is 16.2. The van der Waals surface area contributed by atoms with Crippen LogP contribution in [0, 0.1) is 11.3 Å². The van der Waals surface area contributed by atoms with Crippen LogP contribution in [0.2, 0.25) is 0 Å². The molecule has 5 nitrogen and oxygen atoms in total.